The maximum atomic E-state index is 15.4. The van der Waals surface area contributed by atoms with Crippen LogP contribution >= 0.6 is 11.6 Å². The molecule has 18 heteroatoms. The fourth-order valence-electron chi connectivity index (χ4n) is 4.56. The zero-order chi connectivity index (χ0) is 31.9. The number of anilines is 1. The summed E-state index contributed by atoms with van der Waals surface area (Å²) in [6, 6.07) is 2.02. The van der Waals surface area contributed by atoms with Crippen molar-refractivity contribution in [2.45, 2.75) is 38.4 Å². The van der Waals surface area contributed by atoms with Crippen LogP contribution in [0.4, 0.5) is 23.4 Å². The van der Waals surface area contributed by atoms with Gasteiger partial charge in [0.15, 0.2) is 23.9 Å². The SMILES string of the molecule is CC(=O)Nc1cnc(C(=O)COC(=O)C2CC(C)c3nc(-c4c(-n5cc(C(F)(F)F)nn5)ccc(Cl)c4F)cc(=O)n32)cn1. The first-order valence-corrected chi connectivity index (χ1v) is 13.0. The molecule has 4 aromatic rings. The minimum Gasteiger partial charge on any atom is -0.456 e. The largest absolute Gasteiger partial charge is 0.456 e. The van der Waals surface area contributed by atoms with Crippen molar-refractivity contribution in [3.63, 3.8) is 0 Å². The molecular weight excluding hydrogens is 616 g/mol. The van der Waals surface area contributed by atoms with E-state index in [9.17, 15) is 32.3 Å². The van der Waals surface area contributed by atoms with Gasteiger partial charge in [0.05, 0.1) is 40.6 Å². The topological polar surface area (TPSA) is 164 Å². The Balaban J connectivity index is 1.41. The molecule has 3 aromatic heterocycles. The fraction of sp³-hybridized carbons (Fsp3) is 0.269. The molecule has 0 saturated heterocycles. The molecule has 0 spiro atoms. The van der Waals surface area contributed by atoms with Crippen LogP contribution in [-0.2, 0) is 20.5 Å². The minimum absolute atomic E-state index is 0.0485. The molecule has 13 nitrogen and oxygen atoms in total. The molecule has 1 aliphatic heterocycles. The summed E-state index contributed by atoms with van der Waals surface area (Å²) >= 11 is 5.96. The number of rotatable bonds is 7. The predicted molar refractivity (Wildman–Crippen MR) is 143 cm³/mol. The van der Waals surface area contributed by atoms with E-state index in [1.54, 1.807) is 6.92 Å². The number of Topliss-reactive ketones (excluding diaryl/α,β-unsaturated/α-hetero) is 1. The zero-order valence-corrected chi connectivity index (χ0v) is 23.4. The number of halogens is 5. The van der Waals surface area contributed by atoms with Gasteiger partial charge in [-0.05, 0) is 18.6 Å². The molecule has 228 valence electrons. The molecule has 0 aliphatic carbocycles. The van der Waals surface area contributed by atoms with Gasteiger partial charge in [-0.2, -0.15) is 13.2 Å². The van der Waals surface area contributed by atoms with E-state index < -0.39 is 64.2 Å². The van der Waals surface area contributed by atoms with Gasteiger partial charge in [-0.15, -0.1) is 5.10 Å². The lowest BCUT2D eigenvalue weighted by molar-refractivity contribution is -0.146. The Labute approximate surface area is 248 Å². The van der Waals surface area contributed by atoms with E-state index in [0.717, 1.165) is 29.1 Å². The van der Waals surface area contributed by atoms with Crippen molar-refractivity contribution in [1.82, 2.24) is 34.5 Å². The van der Waals surface area contributed by atoms with Crippen molar-refractivity contribution in [3.8, 4) is 16.9 Å². The molecule has 0 radical (unpaired) electrons. The van der Waals surface area contributed by atoms with Gasteiger partial charge >= 0.3 is 12.1 Å². The van der Waals surface area contributed by atoms with Crippen molar-refractivity contribution in [2.75, 3.05) is 11.9 Å². The van der Waals surface area contributed by atoms with Crippen LogP contribution in [-0.4, -0.2) is 58.8 Å². The highest BCUT2D eigenvalue weighted by atomic mass is 35.5. The molecule has 2 unspecified atom stereocenters. The Kier molecular flexibility index (Phi) is 7.98. The highest BCUT2D eigenvalue weighted by molar-refractivity contribution is 6.31. The molecule has 0 bridgehead atoms. The molecule has 1 aromatic carbocycles. The summed E-state index contributed by atoms with van der Waals surface area (Å²) in [7, 11) is 0. The predicted octanol–water partition coefficient (Wildman–Crippen LogP) is 3.53. The Bertz CT molecular complexity index is 1860. The molecule has 0 fully saturated rings. The second kappa shape index (κ2) is 11.6. The van der Waals surface area contributed by atoms with Gasteiger partial charge in [0.1, 0.15) is 17.6 Å². The number of nitrogens with one attached hydrogen (secondary N) is 1. The number of benzene rings is 1. The number of aromatic nitrogens is 7. The van der Waals surface area contributed by atoms with Gasteiger partial charge in [0.2, 0.25) is 11.7 Å². The smallest absolute Gasteiger partial charge is 0.436 e. The van der Waals surface area contributed by atoms with Crippen LogP contribution < -0.4 is 10.9 Å². The molecular formula is C26H19ClF4N8O5. The number of fused-ring (bicyclic) bond motifs is 1. The number of hydrogen-bond donors (Lipinski definition) is 1. The molecule has 1 N–H and O–H groups in total. The van der Waals surface area contributed by atoms with Gasteiger partial charge in [-0.1, -0.05) is 23.7 Å². The first-order chi connectivity index (χ1) is 20.7. The van der Waals surface area contributed by atoms with E-state index in [1.165, 1.54) is 13.0 Å². The van der Waals surface area contributed by atoms with E-state index in [0.29, 0.717) is 10.9 Å². The number of ether oxygens (including phenoxy) is 1. The first kappa shape index (κ1) is 30.4. The summed E-state index contributed by atoms with van der Waals surface area (Å²) in [5, 5.41) is 8.52. The molecule has 4 heterocycles. The second-order valence-corrected chi connectivity index (χ2v) is 10.1. The third kappa shape index (κ3) is 5.90. The van der Waals surface area contributed by atoms with Crippen molar-refractivity contribution >= 4 is 35.1 Å². The van der Waals surface area contributed by atoms with Crippen LogP contribution in [0.5, 0.6) is 0 Å². The maximum Gasteiger partial charge on any atom is 0.436 e. The van der Waals surface area contributed by atoms with E-state index in [4.69, 9.17) is 16.3 Å². The second-order valence-electron chi connectivity index (χ2n) is 9.66. The first-order valence-electron chi connectivity index (χ1n) is 12.7. The Morgan fingerprint density at radius 1 is 1.18 bits per heavy atom. The van der Waals surface area contributed by atoms with Gasteiger partial charge in [0, 0.05) is 18.9 Å². The molecule has 44 heavy (non-hydrogen) atoms. The summed E-state index contributed by atoms with van der Waals surface area (Å²) in [4.78, 5) is 61.9. The van der Waals surface area contributed by atoms with Crippen LogP contribution in [0.2, 0.25) is 5.02 Å². The van der Waals surface area contributed by atoms with Crippen LogP contribution in [0.3, 0.4) is 0 Å². The van der Waals surface area contributed by atoms with Gasteiger partial charge in [-0.25, -0.2) is 28.8 Å². The van der Waals surface area contributed by atoms with Crippen LogP contribution in [0, 0.1) is 5.82 Å². The summed E-state index contributed by atoms with van der Waals surface area (Å²) in [5.41, 5.74) is -3.15. The lowest BCUT2D eigenvalue weighted by Crippen LogP contribution is -2.30. The highest BCUT2D eigenvalue weighted by Gasteiger charge is 2.38. The molecule has 0 saturated carbocycles. The average Bonchev–Trinajstić information content (AvgIpc) is 3.59. The summed E-state index contributed by atoms with van der Waals surface area (Å²) in [5.74, 6) is -3.41. The zero-order valence-electron chi connectivity index (χ0n) is 22.6. The normalized spacial score (nSPS) is 16.0. The van der Waals surface area contributed by atoms with Gasteiger partial charge in [-0.3, -0.25) is 19.0 Å². The number of ketones is 1. The number of carbonyl (C=O) groups is 3. The molecule has 1 amide bonds. The minimum atomic E-state index is -4.82. The van der Waals surface area contributed by atoms with Crippen molar-refractivity contribution in [1.29, 1.82) is 0 Å². The standard InChI is InChI=1S/C26H19ClF4N8O5/c1-11-5-17(25(43)44-10-18(41)15-7-33-20(8-32-15)34-12(2)40)39-21(42)6-14(35-24(11)39)22-16(4-3-13(27)23(22)28)38-9-19(36-37-38)26(29,30)31/h3-4,6-9,11,17H,5,10H2,1-2H3,(H,33,34,40). The van der Waals surface area contributed by atoms with Crippen molar-refractivity contribution < 1.29 is 36.7 Å². The summed E-state index contributed by atoms with van der Waals surface area (Å²) < 4.78 is 61.6. The number of nitrogens with zero attached hydrogens (tertiary/aromatic N) is 7. The lowest BCUT2D eigenvalue weighted by Gasteiger charge is -2.15. The third-order valence-corrected chi connectivity index (χ3v) is 6.82. The number of carbonyl (C=O) groups excluding carboxylic acids is 3. The van der Waals surface area contributed by atoms with Gasteiger partial charge < -0.3 is 10.1 Å². The van der Waals surface area contributed by atoms with Crippen LogP contribution in [0.15, 0.2) is 41.6 Å². The number of amides is 1. The van der Waals surface area contributed by atoms with E-state index >= 15 is 4.39 Å². The average molecular weight is 635 g/mol. The lowest BCUT2D eigenvalue weighted by atomic mass is 10.1. The van der Waals surface area contributed by atoms with Crippen LogP contribution in [0.1, 0.15) is 54.2 Å². The van der Waals surface area contributed by atoms with E-state index in [2.05, 4.69) is 30.6 Å². The van der Waals surface area contributed by atoms with E-state index in [-0.39, 0.29) is 41.0 Å². The quantitative estimate of drug-likeness (QED) is 0.181. The Morgan fingerprint density at radius 3 is 2.57 bits per heavy atom. The molecule has 5 rings (SSSR count). The Hall–Kier alpha value is -5.06. The number of alkyl halides is 3. The van der Waals surface area contributed by atoms with Crippen LogP contribution in [0.25, 0.3) is 16.9 Å². The highest BCUT2D eigenvalue weighted by Crippen LogP contribution is 2.38. The molecule has 1 aliphatic rings. The van der Waals surface area contributed by atoms with Gasteiger partial charge in [0.25, 0.3) is 5.56 Å². The number of esters is 1. The maximum absolute atomic E-state index is 15.4. The van der Waals surface area contributed by atoms with E-state index in [1.807, 2.05) is 0 Å². The fourth-order valence-corrected chi connectivity index (χ4v) is 4.71. The Morgan fingerprint density at radius 2 is 1.93 bits per heavy atom. The van der Waals surface area contributed by atoms with Crippen molar-refractivity contribution in [3.05, 3.63) is 75.2 Å². The summed E-state index contributed by atoms with van der Waals surface area (Å²) in [6.07, 6.45) is -1.97. The monoisotopic (exact) mass is 634 g/mol. The van der Waals surface area contributed by atoms with Crippen molar-refractivity contribution in [2.24, 2.45) is 0 Å². The summed E-state index contributed by atoms with van der Waals surface area (Å²) in [6.45, 7) is 2.20. The molecule has 2 atom stereocenters. The number of hydrogen-bond acceptors (Lipinski definition) is 10. The third-order valence-electron chi connectivity index (χ3n) is 6.53.